The number of aromatic amines is 1. The minimum Gasteiger partial charge on any atom is -0.451 e. The second-order valence-electron chi connectivity index (χ2n) is 6.82. The topological polar surface area (TPSA) is 117 Å². The number of anilines is 2. The Balaban J connectivity index is 1.82. The van der Waals surface area contributed by atoms with Crippen LogP contribution in [-0.4, -0.2) is 34.7 Å². The zero-order valence-corrected chi connectivity index (χ0v) is 16.7. The van der Waals surface area contributed by atoms with Gasteiger partial charge in [-0.25, -0.2) is 4.79 Å². The lowest BCUT2D eigenvalue weighted by atomic mass is 10.1. The van der Waals surface area contributed by atoms with Crippen molar-refractivity contribution in [2.45, 2.75) is 26.9 Å². The number of esters is 1. The van der Waals surface area contributed by atoms with Gasteiger partial charge in [0.05, 0.1) is 5.56 Å². The summed E-state index contributed by atoms with van der Waals surface area (Å²) in [4.78, 5) is 51.2. The van der Waals surface area contributed by atoms with E-state index >= 15 is 0 Å². The molecule has 3 rings (SSSR count). The Morgan fingerprint density at radius 1 is 0.933 bits per heavy atom. The maximum absolute atomic E-state index is 12.8. The molecule has 1 heterocycles. The molecule has 0 fully saturated rings. The number of carbonyl (C=O) groups excluding carboxylic acids is 4. The Labute approximate surface area is 172 Å². The predicted molar refractivity (Wildman–Crippen MR) is 113 cm³/mol. The van der Waals surface area contributed by atoms with Gasteiger partial charge in [0.15, 0.2) is 6.10 Å². The van der Waals surface area contributed by atoms with Crippen molar-refractivity contribution in [1.29, 1.82) is 0 Å². The number of nitrogens with one attached hydrogen (secondary N) is 3. The minimum absolute atomic E-state index is 0.0866. The molecular formula is C22H21N3O5. The van der Waals surface area contributed by atoms with Crippen molar-refractivity contribution in [3.05, 3.63) is 59.8 Å². The smallest absolute Gasteiger partial charge is 0.338 e. The lowest BCUT2D eigenvalue weighted by molar-refractivity contribution is -0.115. The second kappa shape index (κ2) is 8.60. The molecule has 154 valence electrons. The van der Waals surface area contributed by atoms with Crippen LogP contribution in [0.25, 0.3) is 10.9 Å². The Kier molecular flexibility index (Phi) is 5.96. The summed E-state index contributed by atoms with van der Waals surface area (Å²) in [5.74, 6) is -1.77. The summed E-state index contributed by atoms with van der Waals surface area (Å²) in [6, 6.07) is 11.7. The summed E-state index contributed by atoms with van der Waals surface area (Å²) in [6.45, 7) is 4.14. The fourth-order valence-electron chi connectivity index (χ4n) is 3.07. The van der Waals surface area contributed by atoms with Gasteiger partial charge < -0.3 is 20.4 Å². The van der Waals surface area contributed by atoms with E-state index in [9.17, 15) is 19.2 Å². The third-order valence-electron chi connectivity index (χ3n) is 4.32. The first kappa shape index (κ1) is 20.8. The van der Waals surface area contributed by atoms with Crippen molar-refractivity contribution in [3.63, 3.8) is 0 Å². The number of hydrogen-bond acceptors (Lipinski definition) is 5. The van der Waals surface area contributed by atoms with E-state index in [1.807, 2.05) is 24.3 Å². The van der Waals surface area contributed by atoms with Crippen LogP contribution in [0.5, 0.6) is 0 Å². The molecule has 2 amide bonds. The van der Waals surface area contributed by atoms with Gasteiger partial charge in [0.2, 0.25) is 17.6 Å². The molecule has 3 N–H and O–H groups in total. The van der Waals surface area contributed by atoms with E-state index in [1.165, 1.54) is 39.0 Å². The molecule has 1 atom stereocenters. The summed E-state index contributed by atoms with van der Waals surface area (Å²) in [6.07, 6.45) is 0.550. The molecule has 0 saturated carbocycles. The monoisotopic (exact) mass is 407 g/mol. The third kappa shape index (κ3) is 4.72. The van der Waals surface area contributed by atoms with Gasteiger partial charge in [0.1, 0.15) is 0 Å². The van der Waals surface area contributed by atoms with E-state index in [0.29, 0.717) is 16.9 Å². The summed E-state index contributed by atoms with van der Waals surface area (Å²) < 4.78 is 5.36. The highest BCUT2D eigenvalue weighted by atomic mass is 16.5. The van der Waals surface area contributed by atoms with Gasteiger partial charge in [-0.1, -0.05) is 18.2 Å². The van der Waals surface area contributed by atoms with Crippen LogP contribution in [-0.2, 0) is 14.3 Å². The molecule has 1 unspecified atom stereocenters. The average Bonchev–Trinajstić information content (AvgIpc) is 3.10. The van der Waals surface area contributed by atoms with E-state index in [1.54, 1.807) is 6.20 Å². The maximum Gasteiger partial charge on any atom is 0.338 e. The van der Waals surface area contributed by atoms with Gasteiger partial charge in [-0.05, 0) is 31.2 Å². The van der Waals surface area contributed by atoms with Crippen molar-refractivity contribution in [1.82, 2.24) is 4.98 Å². The molecule has 0 saturated heterocycles. The molecule has 0 radical (unpaired) electrons. The maximum atomic E-state index is 12.8. The quantitative estimate of drug-likeness (QED) is 0.427. The number of H-pyrrole nitrogens is 1. The van der Waals surface area contributed by atoms with Gasteiger partial charge in [0.25, 0.3) is 0 Å². The molecule has 2 aromatic carbocycles. The number of Topliss-reactive ketones (excluding diaryl/α,β-unsaturated/α-hetero) is 1. The zero-order chi connectivity index (χ0) is 21.8. The van der Waals surface area contributed by atoms with Gasteiger partial charge >= 0.3 is 5.97 Å². The van der Waals surface area contributed by atoms with E-state index < -0.39 is 12.1 Å². The van der Waals surface area contributed by atoms with Crippen molar-refractivity contribution in [3.8, 4) is 0 Å². The minimum atomic E-state index is -1.04. The summed E-state index contributed by atoms with van der Waals surface area (Å²) in [5.41, 5.74) is 1.95. The highest BCUT2D eigenvalue weighted by Gasteiger charge is 2.23. The third-order valence-corrected chi connectivity index (χ3v) is 4.32. The number of aromatic nitrogens is 1. The predicted octanol–water partition coefficient (Wildman–Crippen LogP) is 3.51. The molecule has 0 aliphatic carbocycles. The van der Waals surface area contributed by atoms with Gasteiger partial charge in [-0.15, -0.1) is 0 Å². The number of ketones is 1. The Morgan fingerprint density at radius 3 is 2.13 bits per heavy atom. The second-order valence-corrected chi connectivity index (χ2v) is 6.82. The van der Waals surface area contributed by atoms with Crippen LogP contribution < -0.4 is 10.6 Å². The van der Waals surface area contributed by atoms with Gasteiger partial charge in [0, 0.05) is 47.9 Å². The zero-order valence-electron chi connectivity index (χ0n) is 16.7. The number of hydrogen-bond donors (Lipinski definition) is 3. The van der Waals surface area contributed by atoms with Crippen LogP contribution in [0.1, 0.15) is 41.5 Å². The fraction of sp³-hybridized carbons (Fsp3) is 0.182. The first-order valence-corrected chi connectivity index (χ1v) is 9.26. The van der Waals surface area contributed by atoms with Crippen molar-refractivity contribution in [2.24, 2.45) is 0 Å². The van der Waals surface area contributed by atoms with Crippen molar-refractivity contribution >= 4 is 45.8 Å². The molecule has 3 aromatic rings. The van der Waals surface area contributed by atoms with Crippen molar-refractivity contribution in [2.75, 3.05) is 10.6 Å². The van der Waals surface area contributed by atoms with Crippen LogP contribution in [0, 0.1) is 0 Å². The molecule has 8 nitrogen and oxygen atoms in total. The molecular weight excluding hydrogens is 386 g/mol. The lowest BCUT2D eigenvalue weighted by Crippen LogP contribution is -2.24. The molecule has 0 spiro atoms. The summed E-state index contributed by atoms with van der Waals surface area (Å²) >= 11 is 0. The number of rotatable bonds is 6. The molecule has 0 aliphatic rings. The Morgan fingerprint density at radius 2 is 1.53 bits per heavy atom. The Bertz CT molecular complexity index is 1110. The molecule has 1 aromatic heterocycles. The first-order valence-electron chi connectivity index (χ1n) is 9.26. The van der Waals surface area contributed by atoms with E-state index in [-0.39, 0.29) is 23.2 Å². The summed E-state index contributed by atoms with van der Waals surface area (Å²) in [7, 11) is 0. The van der Waals surface area contributed by atoms with Gasteiger partial charge in [-0.2, -0.15) is 0 Å². The number of fused-ring (bicyclic) bond motifs is 1. The highest BCUT2D eigenvalue weighted by molar-refractivity contribution is 6.10. The average molecular weight is 407 g/mol. The van der Waals surface area contributed by atoms with E-state index in [4.69, 9.17) is 4.74 Å². The molecule has 30 heavy (non-hydrogen) atoms. The lowest BCUT2D eigenvalue weighted by Gasteiger charge is -2.14. The van der Waals surface area contributed by atoms with Crippen LogP contribution in [0.3, 0.4) is 0 Å². The first-order chi connectivity index (χ1) is 14.2. The van der Waals surface area contributed by atoms with E-state index in [2.05, 4.69) is 15.6 Å². The molecule has 0 aliphatic heterocycles. The highest BCUT2D eigenvalue weighted by Crippen LogP contribution is 2.23. The fourth-order valence-corrected chi connectivity index (χ4v) is 3.07. The van der Waals surface area contributed by atoms with Crippen LogP contribution in [0.4, 0.5) is 11.4 Å². The van der Waals surface area contributed by atoms with Crippen molar-refractivity contribution < 1.29 is 23.9 Å². The van der Waals surface area contributed by atoms with Crippen LogP contribution in [0.2, 0.25) is 0 Å². The molecule has 0 bridgehead atoms. The number of para-hydroxylation sites is 1. The number of benzene rings is 2. The SMILES string of the molecule is CC(=O)Nc1cc(NC(C)=O)cc(C(=O)OC(C)C(=O)c2c[nH]c3ccccc23)c1. The van der Waals surface area contributed by atoms with Gasteiger partial charge in [-0.3, -0.25) is 14.4 Å². The normalized spacial score (nSPS) is 11.6. The summed E-state index contributed by atoms with van der Waals surface area (Å²) in [5, 5.41) is 5.87. The van der Waals surface area contributed by atoms with Crippen LogP contribution in [0.15, 0.2) is 48.7 Å². The van der Waals surface area contributed by atoms with Crippen LogP contribution >= 0.6 is 0 Å². The number of amides is 2. The standard InChI is InChI=1S/C22H21N3O5/c1-12(21(28)19-11-23-20-7-5-4-6-18(19)20)30-22(29)15-8-16(24-13(2)26)10-17(9-15)25-14(3)27/h4-12,23H,1-3H3,(H,24,26)(H,25,27). The largest absolute Gasteiger partial charge is 0.451 e. The molecule has 8 heteroatoms. The Hall–Kier alpha value is -3.94. The number of ether oxygens (including phenoxy) is 1. The number of carbonyl (C=O) groups is 4. The van der Waals surface area contributed by atoms with E-state index in [0.717, 1.165) is 10.9 Å².